The standard InChI is InChI=1S/C10H12ClF3N2O/c1-6(8(11)17)4-5-7(2)9(10(12,13)14)15-16(9)3/h4-5,15H,1-3H3/b6-4+,7-5+/t9-,16?/m0/s1. The SMILES string of the molecule is C/C(=C\C=C(/C)[C@]1(C(F)(F)F)NN1C)C(=O)Cl. The average Bonchev–Trinajstić information content (AvgIpc) is 2.86. The summed E-state index contributed by atoms with van der Waals surface area (Å²) in [5, 5.41) is 0.275. The Morgan fingerprint density at radius 1 is 1.35 bits per heavy atom. The van der Waals surface area contributed by atoms with Crippen LogP contribution in [-0.2, 0) is 4.79 Å². The first-order valence-corrected chi connectivity index (χ1v) is 5.14. The molecule has 2 atom stereocenters. The van der Waals surface area contributed by atoms with E-state index in [-0.39, 0.29) is 11.1 Å². The number of nitrogens with one attached hydrogen (secondary N) is 1. The van der Waals surface area contributed by atoms with Gasteiger partial charge in [-0.15, -0.1) is 0 Å². The van der Waals surface area contributed by atoms with Gasteiger partial charge >= 0.3 is 6.18 Å². The largest absolute Gasteiger partial charge is 0.426 e. The number of hydrazine groups is 1. The normalized spacial score (nSPS) is 30.4. The summed E-state index contributed by atoms with van der Waals surface area (Å²) in [6.07, 6.45) is -1.92. The number of hydrogen-bond donors (Lipinski definition) is 1. The minimum atomic E-state index is -4.42. The number of carbonyl (C=O) groups excluding carboxylic acids is 1. The Hall–Kier alpha value is -0.850. The zero-order valence-corrected chi connectivity index (χ0v) is 10.3. The van der Waals surface area contributed by atoms with Gasteiger partial charge in [0.1, 0.15) is 0 Å². The van der Waals surface area contributed by atoms with E-state index in [0.29, 0.717) is 0 Å². The van der Waals surface area contributed by atoms with Gasteiger partial charge in [-0.25, -0.2) is 10.4 Å². The Morgan fingerprint density at radius 2 is 1.82 bits per heavy atom. The Balaban J connectivity index is 2.98. The topological polar surface area (TPSA) is 42.0 Å². The van der Waals surface area contributed by atoms with E-state index in [1.165, 1.54) is 33.0 Å². The van der Waals surface area contributed by atoms with E-state index in [2.05, 4.69) is 5.43 Å². The van der Waals surface area contributed by atoms with Crippen LogP contribution in [0.25, 0.3) is 0 Å². The molecular weight excluding hydrogens is 257 g/mol. The molecule has 0 radical (unpaired) electrons. The number of allylic oxidation sites excluding steroid dienone is 3. The molecule has 0 aromatic heterocycles. The van der Waals surface area contributed by atoms with Crippen LogP contribution in [-0.4, -0.2) is 29.1 Å². The van der Waals surface area contributed by atoms with Gasteiger partial charge in [0.25, 0.3) is 0 Å². The van der Waals surface area contributed by atoms with Crippen LogP contribution in [0.3, 0.4) is 0 Å². The van der Waals surface area contributed by atoms with E-state index in [1.807, 2.05) is 0 Å². The van der Waals surface area contributed by atoms with Gasteiger partial charge in [0.05, 0.1) is 0 Å². The fourth-order valence-corrected chi connectivity index (χ4v) is 1.55. The maximum absolute atomic E-state index is 12.8. The first-order chi connectivity index (χ1) is 7.63. The van der Waals surface area contributed by atoms with Crippen LogP contribution in [0.5, 0.6) is 0 Å². The molecule has 1 aliphatic heterocycles. The van der Waals surface area contributed by atoms with Gasteiger partial charge < -0.3 is 0 Å². The van der Waals surface area contributed by atoms with Crippen molar-refractivity contribution in [2.75, 3.05) is 7.05 Å². The zero-order valence-electron chi connectivity index (χ0n) is 9.52. The summed E-state index contributed by atoms with van der Waals surface area (Å²) in [5.41, 5.74) is 0.338. The number of hydrogen-bond acceptors (Lipinski definition) is 3. The van der Waals surface area contributed by atoms with Crippen molar-refractivity contribution in [3.63, 3.8) is 0 Å². The van der Waals surface area contributed by atoms with Crippen molar-refractivity contribution in [1.82, 2.24) is 10.4 Å². The molecule has 7 heteroatoms. The molecule has 96 valence electrons. The molecule has 0 aliphatic carbocycles. The van der Waals surface area contributed by atoms with Crippen LogP contribution < -0.4 is 5.43 Å². The highest BCUT2D eigenvalue weighted by molar-refractivity contribution is 6.67. The molecule has 3 nitrogen and oxygen atoms in total. The first kappa shape index (κ1) is 14.2. The van der Waals surface area contributed by atoms with Gasteiger partial charge in [-0.3, -0.25) is 4.79 Å². The number of alkyl halides is 3. The molecule has 1 saturated heterocycles. The minimum absolute atomic E-state index is 0.0461. The molecular formula is C10H12ClF3N2O. The minimum Gasteiger partial charge on any atom is -0.276 e. The van der Waals surface area contributed by atoms with Crippen LogP contribution in [0.4, 0.5) is 13.2 Å². The summed E-state index contributed by atoms with van der Waals surface area (Å²) in [6.45, 7) is 2.77. The highest BCUT2D eigenvalue weighted by atomic mass is 35.5. The van der Waals surface area contributed by atoms with Gasteiger partial charge in [-0.05, 0) is 31.0 Å². The Bertz CT molecular complexity index is 403. The van der Waals surface area contributed by atoms with Gasteiger partial charge in [0.15, 0.2) is 0 Å². The predicted octanol–water partition coefficient (Wildman–Crippen LogP) is 2.35. The summed E-state index contributed by atoms with van der Waals surface area (Å²) >= 11 is 5.18. The third-order valence-corrected chi connectivity index (χ3v) is 2.96. The number of carbonyl (C=O) groups is 1. The van der Waals surface area contributed by atoms with Gasteiger partial charge in [-0.1, -0.05) is 12.2 Å². The summed E-state index contributed by atoms with van der Waals surface area (Å²) in [7, 11) is 1.30. The average molecular weight is 269 g/mol. The van der Waals surface area contributed by atoms with Crippen molar-refractivity contribution in [1.29, 1.82) is 0 Å². The molecule has 1 heterocycles. The quantitative estimate of drug-likeness (QED) is 0.370. The zero-order chi connectivity index (χ0) is 13.4. The molecule has 0 saturated carbocycles. The molecule has 0 aromatic carbocycles. The summed E-state index contributed by atoms with van der Waals surface area (Å²) in [6, 6.07) is 0. The van der Waals surface area contributed by atoms with Crippen molar-refractivity contribution in [2.24, 2.45) is 0 Å². The summed E-state index contributed by atoms with van der Waals surface area (Å²) < 4.78 is 38.5. The molecule has 1 fully saturated rings. The van der Waals surface area contributed by atoms with Crippen molar-refractivity contribution >= 4 is 16.8 Å². The third kappa shape index (κ3) is 2.53. The fraction of sp³-hybridized carbons (Fsp3) is 0.500. The Kier molecular flexibility index (Phi) is 3.71. The molecule has 0 amide bonds. The van der Waals surface area contributed by atoms with Crippen molar-refractivity contribution in [2.45, 2.75) is 25.7 Å². The van der Waals surface area contributed by atoms with E-state index < -0.39 is 17.1 Å². The first-order valence-electron chi connectivity index (χ1n) is 4.77. The van der Waals surface area contributed by atoms with Gasteiger partial charge in [0.2, 0.25) is 10.9 Å². The van der Waals surface area contributed by atoms with E-state index in [9.17, 15) is 18.0 Å². The number of halogens is 4. The molecule has 0 bridgehead atoms. The van der Waals surface area contributed by atoms with Gasteiger partial charge in [0, 0.05) is 12.6 Å². The van der Waals surface area contributed by atoms with Crippen LogP contribution in [0.1, 0.15) is 13.8 Å². The van der Waals surface area contributed by atoms with E-state index >= 15 is 0 Å². The lowest BCUT2D eigenvalue weighted by Crippen LogP contribution is -2.38. The Morgan fingerprint density at radius 3 is 2.12 bits per heavy atom. The van der Waals surface area contributed by atoms with E-state index in [0.717, 1.165) is 5.01 Å². The second kappa shape index (κ2) is 4.44. The summed E-state index contributed by atoms with van der Waals surface area (Å²) in [5.74, 6) is 0. The fourth-order valence-electron chi connectivity index (χ4n) is 1.48. The maximum Gasteiger partial charge on any atom is 0.426 e. The highest BCUT2D eigenvalue weighted by Gasteiger charge is 2.69. The molecule has 1 N–H and O–H groups in total. The molecule has 0 spiro atoms. The van der Waals surface area contributed by atoms with Crippen LogP contribution in [0.2, 0.25) is 0 Å². The maximum atomic E-state index is 12.8. The molecule has 1 rings (SSSR count). The monoisotopic (exact) mass is 268 g/mol. The van der Waals surface area contributed by atoms with Crippen LogP contribution in [0, 0.1) is 0 Å². The van der Waals surface area contributed by atoms with Crippen molar-refractivity contribution in [3.05, 3.63) is 23.3 Å². The van der Waals surface area contributed by atoms with Crippen molar-refractivity contribution < 1.29 is 18.0 Å². The Labute approximate surface area is 102 Å². The summed E-state index contributed by atoms with van der Waals surface area (Å²) in [4.78, 5) is 10.7. The third-order valence-electron chi connectivity index (χ3n) is 2.66. The lowest BCUT2D eigenvalue weighted by Gasteiger charge is -2.17. The van der Waals surface area contributed by atoms with Crippen LogP contribution in [0.15, 0.2) is 23.3 Å². The van der Waals surface area contributed by atoms with Gasteiger partial charge in [-0.2, -0.15) is 13.2 Å². The van der Waals surface area contributed by atoms with Crippen molar-refractivity contribution in [3.8, 4) is 0 Å². The molecule has 1 aliphatic rings. The lowest BCUT2D eigenvalue weighted by atomic mass is 10.0. The van der Waals surface area contributed by atoms with E-state index in [1.54, 1.807) is 0 Å². The molecule has 0 aromatic rings. The predicted molar refractivity (Wildman–Crippen MR) is 58.1 cm³/mol. The van der Waals surface area contributed by atoms with E-state index in [4.69, 9.17) is 11.6 Å². The number of nitrogens with zero attached hydrogens (tertiary/aromatic N) is 1. The highest BCUT2D eigenvalue weighted by Crippen LogP contribution is 2.45. The second-order valence-corrected chi connectivity index (χ2v) is 4.20. The lowest BCUT2D eigenvalue weighted by molar-refractivity contribution is -0.161. The molecule has 17 heavy (non-hydrogen) atoms. The number of rotatable bonds is 3. The molecule has 1 unspecified atom stereocenters. The second-order valence-electron chi connectivity index (χ2n) is 3.85. The smallest absolute Gasteiger partial charge is 0.276 e. The van der Waals surface area contributed by atoms with Crippen LogP contribution >= 0.6 is 11.6 Å². The number of likely N-dealkylation sites (N-methyl/N-ethyl adjacent to an activating group) is 1.